The second kappa shape index (κ2) is 8.38. The number of hydrogen-bond acceptors (Lipinski definition) is 3. The predicted molar refractivity (Wildman–Crippen MR) is 73.2 cm³/mol. The van der Waals surface area contributed by atoms with Crippen molar-refractivity contribution in [2.75, 3.05) is 19.7 Å². The second-order valence-corrected chi connectivity index (χ2v) is 4.54. The Morgan fingerprint density at radius 1 is 1.09 bits per heavy atom. The van der Waals surface area contributed by atoms with Gasteiger partial charge < -0.3 is 15.4 Å². The summed E-state index contributed by atoms with van der Waals surface area (Å²) in [5.41, 5.74) is 0.918. The smallest absolute Gasteiger partial charge is 0.367 e. The number of rotatable bonds is 7. The van der Waals surface area contributed by atoms with Crippen molar-refractivity contribution >= 4 is 11.8 Å². The van der Waals surface area contributed by atoms with Crippen molar-refractivity contribution in [2.45, 2.75) is 19.7 Å². The van der Waals surface area contributed by atoms with Crippen LogP contribution in [0.15, 0.2) is 24.3 Å². The third-order valence-electron chi connectivity index (χ3n) is 2.54. The topological polar surface area (TPSA) is 67.4 Å². The number of alkyl halides is 3. The Morgan fingerprint density at radius 2 is 1.68 bits per heavy atom. The maximum absolute atomic E-state index is 11.9. The van der Waals surface area contributed by atoms with Gasteiger partial charge in [-0.2, -0.15) is 13.2 Å². The molecular weight excluding hydrogens is 301 g/mol. The molecule has 0 radical (unpaired) electrons. The fourth-order valence-corrected chi connectivity index (χ4v) is 1.55. The van der Waals surface area contributed by atoms with Gasteiger partial charge in [0, 0.05) is 25.6 Å². The van der Waals surface area contributed by atoms with Gasteiger partial charge in [0.25, 0.3) is 5.91 Å². The number of halogens is 3. The summed E-state index contributed by atoms with van der Waals surface area (Å²) >= 11 is 0. The Kier molecular flexibility index (Phi) is 6.84. The third kappa shape index (κ3) is 7.63. The molecule has 5 nitrogen and oxygen atoms in total. The number of carbonyl (C=O) groups is 2. The molecule has 0 aromatic heterocycles. The fourth-order valence-electron chi connectivity index (χ4n) is 1.55. The summed E-state index contributed by atoms with van der Waals surface area (Å²) in [6, 6.07) is 6.05. The first-order valence-corrected chi connectivity index (χ1v) is 6.54. The first-order chi connectivity index (χ1) is 10.3. The Balaban J connectivity index is 2.37. The predicted octanol–water partition coefficient (Wildman–Crippen LogP) is 1.63. The van der Waals surface area contributed by atoms with Crippen molar-refractivity contribution in [3.63, 3.8) is 0 Å². The van der Waals surface area contributed by atoms with Crippen LogP contribution in [0, 0.1) is 0 Å². The molecule has 2 N–H and O–H groups in total. The normalized spacial score (nSPS) is 11.1. The molecule has 0 bridgehead atoms. The van der Waals surface area contributed by atoms with E-state index in [1.807, 2.05) is 0 Å². The van der Waals surface area contributed by atoms with Crippen molar-refractivity contribution in [3.8, 4) is 0 Å². The van der Waals surface area contributed by atoms with E-state index in [4.69, 9.17) is 0 Å². The number of carbonyl (C=O) groups excluding carboxylic acids is 2. The number of nitrogens with one attached hydrogen (secondary N) is 2. The first kappa shape index (κ1) is 18.0. The molecule has 0 fully saturated rings. The van der Waals surface area contributed by atoms with Gasteiger partial charge in [-0.25, -0.2) is 0 Å². The lowest BCUT2D eigenvalue weighted by atomic mass is 10.1. The van der Waals surface area contributed by atoms with E-state index in [2.05, 4.69) is 15.4 Å². The third-order valence-corrected chi connectivity index (χ3v) is 2.54. The monoisotopic (exact) mass is 318 g/mol. The molecular formula is C14H17F3N2O3. The van der Waals surface area contributed by atoms with Crippen molar-refractivity contribution < 1.29 is 27.5 Å². The second-order valence-electron chi connectivity index (χ2n) is 4.54. The number of ether oxygens (including phenoxy) is 1. The highest BCUT2D eigenvalue weighted by Crippen LogP contribution is 2.15. The van der Waals surface area contributed by atoms with Gasteiger partial charge in [0.2, 0.25) is 5.91 Å². The summed E-state index contributed by atoms with van der Waals surface area (Å²) in [6.07, 6.45) is -4.35. The summed E-state index contributed by atoms with van der Waals surface area (Å²) < 4.78 is 40.3. The maximum atomic E-state index is 11.9. The van der Waals surface area contributed by atoms with Crippen LogP contribution in [-0.4, -0.2) is 37.7 Å². The van der Waals surface area contributed by atoms with E-state index in [1.54, 1.807) is 0 Å². The quantitative estimate of drug-likeness (QED) is 0.751. The molecule has 0 aliphatic heterocycles. The molecule has 1 aromatic carbocycles. The van der Waals surface area contributed by atoms with Gasteiger partial charge in [0.1, 0.15) is 6.61 Å². The SMILES string of the molecule is CC(=O)NCCNC(=O)c1ccc(COCC(F)(F)F)cc1. The van der Waals surface area contributed by atoms with Crippen LogP contribution < -0.4 is 10.6 Å². The fraction of sp³-hybridized carbons (Fsp3) is 0.429. The van der Waals surface area contributed by atoms with E-state index in [0.29, 0.717) is 17.7 Å². The number of amides is 2. The molecule has 8 heteroatoms. The van der Waals surface area contributed by atoms with E-state index >= 15 is 0 Å². The largest absolute Gasteiger partial charge is 0.411 e. The zero-order valence-electron chi connectivity index (χ0n) is 12.0. The lowest BCUT2D eigenvalue weighted by Gasteiger charge is -2.08. The van der Waals surface area contributed by atoms with Crippen LogP contribution in [0.4, 0.5) is 13.2 Å². The van der Waals surface area contributed by atoms with Crippen LogP contribution in [-0.2, 0) is 16.1 Å². The minimum absolute atomic E-state index is 0.177. The molecule has 0 aliphatic rings. The zero-order chi connectivity index (χ0) is 16.6. The molecule has 0 unspecified atom stereocenters. The highest BCUT2D eigenvalue weighted by atomic mass is 19.4. The van der Waals surface area contributed by atoms with E-state index < -0.39 is 12.8 Å². The average molecular weight is 318 g/mol. The molecule has 0 atom stereocenters. The van der Waals surface area contributed by atoms with E-state index in [9.17, 15) is 22.8 Å². The highest BCUT2D eigenvalue weighted by Gasteiger charge is 2.27. The lowest BCUT2D eigenvalue weighted by Crippen LogP contribution is -2.33. The standard InChI is InChI=1S/C14H17F3N2O3/c1-10(20)18-6-7-19-13(21)12-4-2-11(3-5-12)8-22-9-14(15,16)17/h2-5H,6-9H2,1H3,(H,18,20)(H,19,21). The van der Waals surface area contributed by atoms with Crippen LogP contribution in [0.3, 0.4) is 0 Å². The molecule has 1 aromatic rings. The van der Waals surface area contributed by atoms with E-state index in [-0.39, 0.29) is 25.0 Å². The van der Waals surface area contributed by atoms with Gasteiger partial charge in [-0.15, -0.1) is 0 Å². The van der Waals surface area contributed by atoms with Crippen molar-refractivity contribution in [3.05, 3.63) is 35.4 Å². The molecule has 0 spiro atoms. The van der Waals surface area contributed by atoms with Gasteiger partial charge in [-0.05, 0) is 17.7 Å². The molecule has 0 saturated carbocycles. The Hall–Kier alpha value is -2.09. The van der Waals surface area contributed by atoms with Crippen LogP contribution >= 0.6 is 0 Å². The molecule has 0 heterocycles. The number of hydrogen-bond donors (Lipinski definition) is 2. The maximum Gasteiger partial charge on any atom is 0.411 e. The minimum atomic E-state index is -4.35. The Bertz CT molecular complexity index is 501. The van der Waals surface area contributed by atoms with Crippen molar-refractivity contribution in [2.24, 2.45) is 0 Å². The van der Waals surface area contributed by atoms with Crippen LogP contribution in [0.25, 0.3) is 0 Å². The molecule has 0 aliphatic carbocycles. The highest BCUT2D eigenvalue weighted by molar-refractivity contribution is 5.94. The molecule has 22 heavy (non-hydrogen) atoms. The molecule has 122 valence electrons. The molecule has 2 amide bonds. The van der Waals surface area contributed by atoms with E-state index in [1.165, 1.54) is 31.2 Å². The van der Waals surface area contributed by atoms with Gasteiger partial charge in [-0.3, -0.25) is 9.59 Å². The van der Waals surface area contributed by atoms with Crippen molar-refractivity contribution in [1.29, 1.82) is 0 Å². The molecule has 0 saturated heterocycles. The summed E-state index contributed by atoms with van der Waals surface area (Å²) in [4.78, 5) is 22.4. The van der Waals surface area contributed by atoms with Gasteiger partial charge in [0.15, 0.2) is 0 Å². The Labute approximate surface area is 125 Å². The van der Waals surface area contributed by atoms with Gasteiger partial charge in [-0.1, -0.05) is 12.1 Å². The lowest BCUT2D eigenvalue weighted by molar-refractivity contribution is -0.176. The summed E-state index contributed by atoms with van der Waals surface area (Å²) in [5, 5.41) is 5.14. The first-order valence-electron chi connectivity index (χ1n) is 6.54. The van der Waals surface area contributed by atoms with Crippen LogP contribution in [0.2, 0.25) is 0 Å². The zero-order valence-corrected chi connectivity index (χ0v) is 12.0. The van der Waals surface area contributed by atoms with Crippen LogP contribution in [0.1, 0.15) is 22.8 Å². The number of benzene rings is 1. The van der Waals surface area contributed by atoms with Crippen LogP contribution in [0.5, 0.6) is 0 Å². The summed E-state index contributed by atoms with van der Waals surface area (Å²) in [6.45, 7) is 0.503. The average Bonchev–Trinajstić information content (AvgIpc) is 2.42. The minimum Gasteiger partial charge on any atom is -0.367 e. The Morgan fingerprint density at radius 3 is 2.23 bits per heavy atom. The summed E-state index contributed by atoms with van der Waals surface area (Å²) in [7, 11) is 0. The summed E-state index contributed by atoms with van der Waals surface area (Å²) in [5.74, 6) is -0.509. The van der Waals surface area contributed by atoms with Gasteiger partial charge >= 0.3 is 6.18 Å². The molecule has 1 rings (SSSR count). The van der Waals surface area contributed by atoms with Gasteiger partial charge in [0.05, 0.1) is 6.61 Å². The van der Waals surface area contributed by atoms with E-state index in [0.717, 1.165) is 0 Å². The van der Waals surface area contributed by atoms with Crippen molar-refractivity contribution in [1.82, 2.24) is 10.6 Å².